The number of carbonyl (C=O) groups is 1. The number of anilines is 2. The van der Waals surface area contributed by atoms with Crippen LogP contribution in [0.3, 0.4) is 0 Å². The highest BCUT2D eigenvalue weighted by Crippen LogP contribution is 2.26. The average molecular weight is 416 g/mol. The number of piperazine rings is 1. The van der Waals surface area contributed by atoms with Crippen LogP contribution in [0.5, 0.6) is 5.75 Å². The van der Waals surface area contributed by atoms with E-state index >= 15 is 0 Å². The fraction of sp³-hybridized carbons (Fsp3) is 0.435. The molecule has 1 amide bonds. The van der Waals surface area contributed by atoms with Crippen molar-refractivity contribution in [3.63, 3.8) is 0 Å². The Hall–Kier alpha value is -2.24. The maximum atomic E-state index is 12.8. The maximum absolute atomic E-state index is 12.8. The molecular weight excluding hydrogens is 386 g/mol. The molecule has 0 unspecified atom stereocenters. The third-order valence-electron chi connectivity index (χ3n) is 5.35. The molecule has 6 heteroatoms. The number of amides is 1. The lowest BCUT2D eigenvalue weighted by Gasteiger charge is -2.36. The summed E-state index contributed by atoms with van der Waals surface area (Å²) in [5.41, 5.74) is 2.15. The van der Waals surface area contributed by atoms with E-state index in [1.807, 2.05) is 12.1 Å². The molecule has 29 heavy (non-hydrogen) atoms. The number of carbonyl (C=O) groups excluding carboxylic acids is 1. The second kappa shape index (κ2) is 9.06. The molecule has 0 spiro atoms. The van der Waals surface area contributed by atoms with Gasteiger partial charge >= 0.3 is 0 Å². The van der Waals surface area contributed by atoms with Crippen LogP contribution in [0.1, 0.15) is 26.3 Å². The molecule has 1 aliphatic heterocycles. The molecule has 0 aromatic heterocycles. The van der Waals surface area contributed by atoms with Gasteiger partial charge in [-0.2, -0.15) is 0 Å². The minimum atomic E-state index is -1.02. The summed E-state index contributed by atoms with van der Waals surface area (Å²) >= 11 is 5.91. The number of hydrogen-bond donors (Lipinski definition) is 1. The van der Waals surface area contributed by atoms with Crippen LogP contribution in [0.15, 0.2) is 42.5 Å². The smallest absolute Gasteiger partial charge is 0.267 e. The third-order valence-corrected chi connectivity index (χ3v) is 5.60. The fourth-order valence-electron chi connectivity index (χ4n) is 3.52. The quantitative estimate of drug-likeness (QED) is 0.749. The molecular formula is C23H30ClN3O2. The molecule has 3 rings (SSSR count). The molecule has 1 fully saturated rings. The number of nitrogens with zero attached hydrogens (tertiary/aromatic N) is 2. The Balaban J connectivity index is 1.64. The Morgan fingerprint density at radius 1 is 1.10 bits per heavy atom. The van der Waals surface area contributed by atoms with E-state index in [0.29, 0.717) is 10.8 Å². The zero-order valence-corrected chi connectivity index (χ0v) is 18.4. The summed E-state index contributed by atoms with van der Waals surface area (Å²) in [6.45, 7) is 13.1. The van der Waals surface area contributed by atoms with E-state index in [-0.39, 0.29) is 5.91 Å². The third kappa shape index (κ3) is 5.43. The summed E-state index contributed by atoms with van der Waals surface area (Å²) in [6, 6.07) is 13.1. The molecule has 0 atom stereocenters. The maximum Gasteiger partial charge on any atom is 0.267 e. The molecule has 2 aromatic carbocycles. The highest BCUT2D eigenvalue weighted by atomic mass is 35.5. The van der Waals surface area contributed by atoms with Gasteiger partial charge in [0.05, 0.1) is 0 Å². The first kappa shape index (κ1) is 21.5. The Bertz CT molecular complexity index is 844. The molecule has 156 valence electrons. The summed E-state index contributed by atoms with van der Waals surface area (Å²) in [4.78, 5) is 17.7. The summed E-state index contributed by atoms with van der Waals surface area (Å²) in [7, 11) is 0. The van der Waals surface area contributed by atoms with Gasteiger partial charge in [-0.1, -0.05) is 18.5 Å². The standard InChI is InChI=1S/C23H30ClN3O2/c1-5-26-12-14-27(15-13-26)21-11-8-19(16-17(21)2)25-22(28)23(3,4)29-20-9-6-18(24)7-10-20/h6-11,16H,5,12-15H2,1-4H3,(H,25,28). The van der Waals surface area contributed by atoms with Gasteiger partial charge in [0.1, 0.15) is 5.75 Å². The average Bonchev–Trinajstić information content (AvgIpc) is 2.70. The Morgan fingerprint density at radius 2 is 1.76 bits per heavy atom. The van der Waals surface area contributed by atoms with Crippen LogP contribution < -0.4 is 15.0 Å². The predicted octanol–water partition coefficient (Wildman–Crippen LogP) is 4.59. The molecule has 1 N–H and O–H groups in total. The first-order valence-electron chi connectivity index (χ1n) is 10.1. The minimum absolute atomic E-state index is 0.198. The Morgan fingerprint density at radius 3 is 2.34 bits per heavy atom. The monoisotopic (exact) mass is 415 g/mol. The SMILES string of the molecule is CCN1CCN(c2ccc(NC(=O)C(C)(C)Oc3ccc(Cl)cc3)cc2C)CC1. The summed E-state index contributed by atoms with van der Waals surface area (Å²) in [5.74, 6) is 0.406. The molecule has 1 saturated heterocycles. The first-order valence-corrected chi connectivity index (χ1v) is 10.5. The van der Waals surface area contributed by atoms with Crippen molar-refractivity contribution in [2.45, 2.75) is 33.3 Å². The molecule has 0 saturated carbocycles. The summed E-state index contributed by atoms with van der Waals surface area (Å²) < 4.78 is 5.88. The van der Waals surface area contributed by atoms with Crippen molar-refractivity contribution >= 4 is 28.9 Å². The van der Waals surface area contributed by atoms with Gasteiger partial charge in [0, 0.05) is 42.6 Å². The molecule has 0 bridgehead atoms. The number of likely N-dealkylation sites (N-methyl/N-ethyl adjacent to an activating group) is 1. The van der Waals surface area contributed by atoms with E-state index in [0.717, 1.165) is 44.0 Å². The Labute approximate surface area is 178 Å². The van der Waals surface area contributed by atoms with Crippen LogP contribution in [-0.2, 0) is 4.79 Å². The topological polar surface area (TPSA) is 44.8 Å². The van der Waals surface area contributed by atoms with Gasteiger partial charge in [0.15, 0.2) is 5.60 Å². The van der Waals surface area contributed by atoms with Crippen molar-refractivity contribution in [2.75, 3.05) is 42.9 Å². The van der Waals surface area contributed by atoms with E-state index in [2.05, 4.69) is 35.0 Å². The van der Waals surface area contributed by atoms with Gasteiger partial charge in [-0.25, -0.2) is 0 Å². The van der Waals surface area contributed by atoms with Crippen LogP contribution >= 0.6 is 11.6 Å². The lowest BCUT2D eigenvalue weighted by molar-refractivity contribution is -0.128. The van der Waals surface area contributed by atoms with E-state index in [1.165, 1.54) is 5.69 Å². The largest absolute Gasteiger partial charge is 0.478 e. The van der Waals surface area contributed by atoms with Gasteiger partial charge in [-0.3, -0.25) is 4.79 Å². The molecule has 0 radical (unpaired) electrons. The minimum Gasteiger partial charge on any atom is -0.478 e. The molecule has 0 aliphatic carbocycles. The number of benzene rings is 2. The van der Waals surface area contributed by atoms with Gasteiger partial charge < -0.3 is 19.9 Å². The van der Waals surface area contributed by atoms with Crippen molar-refractivity contribution in [1.29, 1.82) is 0 Å². The van der Waals surface area contributed by atoms with E-state index in [4.69, 9.17) is 16.3 Å². The second-order valence-electron chi connectivity index (χ2n) is 7.94. The summed E-state index contributed by atoms with van der Waals surface area (Å²) in [6.07, 6.45) is 0. The molecule has 1 heterocycles. The van der Waals surface area contributed by atoms with Crippen LogP contribution in [0.2, 0.25) is 5.02 Å². The number of nitrogens with one attached hydrogen (secondary N) is 1. The van der Waals surface area contributed by atoms with E-state index in [1.54, 1.807) is 38.1 Å². The number of ether oxygens (including phenoxy) is 1. The van der Waals surface area contributed by atoms with Crippen LogP contribution in [0.25, 0.3) is 0 Å². The summed E-state index contributed by atoms with van der Waals surface area (Å²) in [5, 5.41) is 3.62. The number of hydrogen-bond acceptors (Lipinski definition) is 4. The van der Waals surface area contributed by atoms with Crippen LogP contribution in [0.4, 0.5) is 11.4 Å². The van der Waals surface area contributed by atoms with Gasteiger partial charge in [0.25, 0.3) is 5.91 Å². The highest BCUT2D eigenvalue weighted by molar-refractivity contribution is 6.30. The Kier molecular flexibility index (Phi) is 6.70. The normalized spacial score (nSPS) is 15.3. The number of aryl methyl sites for hydroxylation is 1. The molecule has 1 aliphatic rings. The predicted molar refractivity (Wildman–Crippen MR) is 120 cm³/mol. The first-order chi connectivity index (χ1) is 13.8. The van der Waals surface area contributed by atoms with Gasteiger partial charge in [-0.05, 0) is 75.3 Å². The van der Waals surface area contributed by atoms with Crippen LogP contribution in [-0.4, -0.2) is 49.1 Å². The van der Waals surface area contributed by atoms with Crippen molar-refractivity contribution in [3.8, 4) is 5.75 Å². The van der Waals surface area contributed by atoms with Gasteiger partial charge in [-0.15, -0.1) is 0 Å². The zero-order chi connectivity index (χ0) is 21.0. The zero-order valence-electron chi connectivity index (χ0n) is 17.7. The highest BCUT2D eigenvalue weighted by Gasteiger charge is 2.30. The van der Waals surface area contributed by atoms with E-state index in [9.17, 15) is 4.79 Å². The number of rotatable bonds is 6. The van der Waals surface area contributed by atoms with Gasteiger partial charge in [0.2, 0.25) is 0 Å². The lowest BCUT2D eigenvalue weighted by atomic mass is 10.1. The molecule has 5 nitrogen and oxygen atoms in total. The number of halogens is 1. The van der Waals surface area contributed by atoms with Crippen molar-refractivity contribution < 1.29 is 9.53 Å². The van der Waals surface area contributed by atoms with Crippen molar-refractivity contribution in [1.82, 2.24) is 4.90 Å². The fourth-order valence-corrected chi connectivity index (χ4v) is 3.64. The van der Waals surface area contributed by atoms with Crippen LogP contribution in [0, 0.1) is 6.92 Å². The second-order valence-corrected chi connectivity index (χ2v) is 8.38. The van der Waals surface area contributed by atoms with Crippen molar-refractivity contribution in [2.24, 2.45) is 0 Å². The van der Waals surface area contributed by atoms with Crippen molar-refractivity contribution in [3.05, 3.63) is 53.1 Å². The lowest BCUT2D eigenvalue weighted by Crippen LogP contribution is -2.46. The molecule has 2 aromatic rings. The van der Waals surface area contributed by atoms with E-state index < -0.39 is 5.60 Å².